The average molecular weight is 624 g/mol. The number of nitrogens with one attached hydrogen (secondary N) is 1. The molecule has 0 spiro atoms. The van der Waals surface area contributed by atoms with Crippen LogP contribution >= 0.6 is 11.6 Å². The largest absolute Gasteiger partial charge is 0.493 e. The minimum Gasteiger partial charge on any atom is -0.493 e. The van der Waals surface area contributed by atoms with Gasteiger partial charge in [0.05, 0.1) is 37.4 Å². The Morgan fingerprint density at radius 1 is 1.00 bits per heavy atom. The van der Waals surface area contributed by atoms with Crippen molar-refractivity contribution in [2.45, 2.75) is 12.5 Å². The molecule has 0 radical (unpaired) electrons. The van der Waals surface area contributed by atoms with Crippen LogP contribution < -0.4 is 25.3 Å². The zero-order valence-corrected chi connectivity index (χ0v) is 25.0. The van der Waals surface area contributed by atoms with Crippen molar-refractivity contribution in [3.8, 4) is 28.5 Å². The molecular weight excluding hydrogens is 594 g/mol. The van der Waals surface area contributed by atoms with E-state index in [1.165, 1.54) is 0 Å². The van der Waals surface area contributed by atoms with Crippen molar-refractivity contribution in [3.63, 3.8) is 0 Å². The Morgan fingerprint density at radius 3 is 2.51 bits per heavy atom. The summed E-state index contributed by atoms with van der Waals surface area (Å²) in [4.78, 5) is 13.5. The molecule has 4 N–H and O–H groups in total. The maximum absolute atomic E-state index is 11.2. The number of fused-ring (bicyclic) bond motifs is 3. The van der Waals surface area contributed by atoms with Crippen LogP contribution in [0.2, 0.25) is 5.02 Å². The lowest BCUT2D eigenvalue weighted by molar-refractivity contribution is 0.264. The molecule has 1 unspecified atom stereocenters. The summed E-state index contributed by atoms with van der Waals surface area (Å²) in [6, 6.07) is 14.5. The van der Waals surface area contributed by atoms with Gasteiger partial charge in [-0.1, -0.05) is 29.8 Å². The van der Waals surface area contributed by atoms with Gasteiger partial charge in [0.1, 0.15) is 18.2 Å². The van der Waals surface area contributed by atoms with Crippen LogP contribution in [0, 0.1) is 0 Å². The Morgan fingerprint density at radius 2 is 1.77 bits per heavy atom. The lowest BCUT2D eigenvalue weighted by atomic mass is 10.0. The number of rotatable bonds is 12. The number of nitrogen functional groups attached to an aromatic ring is 1. The van der Waals surface area contributed by atoms with E-state index in [1.54, 1.807) is 44.9 Å². The Hall–Kier alpha value is -4.23. The highest BCUT2D eigenvalue weighted by Gasteiger charge is 2.16. The highest BCUT2D eigenvalue weighted by molar-refractivity contribution is 7.85. The topological polar surface area (TPSA) is 159 Å². The highest BCUT2D eigenvalue weighted by Crippen LogP contribution is 2.37. The number of methoxy groups -OCH3 is 2. The van der Waals surface area contributed by atoms with E-state index in [9.17, 15) is 8.42 Å². The molecule has 43 heavy (non-hydrogen) atoms. The standard InChI is InChI=1S/C30H30ClN5O6S/c1-40-28-12-23-22-11-26(36-30(32)24(22)16-35-27(23)13-29(28)41-2)19-10-21(15-33-14-19)42-17-20(34-7-8-43(37,38)39)9-18-5-3-4-6-25(18)31/h3-6,10-16,20,34H,7-9,17H2,1-2H3,(H2,32,36)(H,37,38,39). The van der Waals surface area contributed by atoms with Crippen LogP contribution in [0.3, 0.4) is 0 Å². The number of hydrogen-bond donors (Lipinski definition) is 3. The van der Waals surface area contributed by atoms with Crippen LogP contribution in [-0.4, -0.2) is 67.1 Å². The second-order valence-electron chi connectivity index (χ2n) is 9.79. The molecule has 5 aromatic rings. The number of ether oxygens (including phenoxy) is 3. The first-order valence-electron chi connectivity index (χ1n) is 13.3. The molecule has 0 saturated carbocycles. The van der Waals surface area contributed by atoms with Gasteiger partial charge in [-0.05, 0) is 41.6 Å². The molecule has 3 aromatic heterocycles. The molecule has 11 nitrogen and oxygen atoms in total. The predicted octanol–water partition coefficient (Wildman–Crippen LogP) is 4.57. The molecule has 0 saturated heterocycles. The molecule has 0 aliphatic carbocycles. The van der Waals surface area contributed by atoms with Crippen molar-refractivity contribution in [3.05, 3.63) is 77.7 Å². The monoisotopic (exact) mass is 623 g/mol. The molecule has 0 fully saturated rings. The highest BCUT2D eigenvalue weighted by atomic mass is 35.5. The van der Waals surface area contributed by atoms with Gasteiger partial charge < -0.3 is 25.3 Å². The first-order chi connectivity index (χ1) is 20.6. The van der Waals surface area contributed by atoms with Crippen LogP contribution in [0.25, 0.3) is 32.9 Å². The van der Waals surface area contributed by atoms with Gasteiger partial charge in [-0.15, -0.1) is 0 Å². The summed E-state index contributed by atoms with van der Waals surface area (Å²) >= 11 is 6.35. The Bertz CT molecular complexity index is 1890. The number of anilines is 1. The maximum atomic E-state index is 11.2. The minimum absolute atomic E-state index is 0.0371. The van der Waals surface area contributed by atoms with Crippen LogP contribution in [0.1, 0.15) is 5.56 Å². The van der Waals surface area contributed by atoms with Crippen molar-refractivity contribution in [1.29, 1.82) is 0 Å². The normalized spacial score (nSPS) is 12.4. The smallest absolute Gasteiger partial charge is 0.266 e. The zero-order valence-electron chi connectivity index (χ0n) is 23.5. The van der Waals surface area contributed by atoms with E-state index in [1.807, 2.05) is 36.4 Å². The molecule has 0 aliphatic heterocycles. The summed E-state index contributed by atoms with van der Waals surface area (Å²) in [6.07, 6.45) is 5.40. The van der Waals surface area contributed by atoms with Crippen molar-refractivity contribution >= 4 is 49.2 Å². The number of nitrogens with two attached hydrogens (primary N) is 1. The fourth-order valence-electron chi connectivity index (χ4n) is 4.75. The summed E-state index contributed by atoms with van der Waals surface area (Å²) in [5.41, 5.74) is 9.22. The summed E-state index contributed by atoms with van der Waals surface area (Å²) in [7, 11) is -0.974. The first kappa shape index (κ1) is 30.2. The number of nitrogens with zero attached hydrogens (tertiary/aromatic N) is 3. The van der Waals surface area contributed by atoms with Gasteiger partial charge in [0.25, 0.3) is 10.1 Å². The summed E-state index contributed by atoms with van der Waals surface area (Å²) in [5.74, 6) is 1.49. The molecule has 0 bridgehead atoms. The molecule has 1 atom stereocenters. The molecule has 224 valence electrons. The van der Waals surface area contributed by atoms with Crippen molar-refractivity contribution < 1.29 is 27.2 Å². The number of benzene rings is 2. The number of hydrogen-bond acceptors (Lipinski definition) is 10. The van der Waals surface area contributed by atoms with E-state index >= 15 is 0 Å². The van der Waals surface area contributed by atoms with Gasteiger partial charge in [0, 0.05) is 52.4 Å². The van der Waals surface area contributed by atoms with E-state index in [2.05, 4.69) is 20.3 Å². The molecular formula is C30H30ClN5O6S. The van der Waals surface area contributed by atoms with Crippen LogP contribution in [-0.2, 0) is 16.5 Å². The quantitative estimate of drug-likeness (QED) is 0.132. The number of halogens is 1. The molecule has 5 rings (SSSR count). The van der Waals surface area contributed by atoms with Crippen molar-refractivity contribution in [2.75, 3.05) is 38.9 Å². The van der Waals surface area contributed by atoms with Gasteiger partial charge in [-0.2, -0.15) is 8.42 Å². The molecule has 0 aliphatic rings. The number of aromatic nitrogens is 3. The molecule has 13 heteroatoms. The van der Waals surface area contributed by atoms with E-state index in [0.717, 1.165) is 16.3 Å². The fraction of sp³-hybridized carbons (Fsp3) is 0.233. The lowest BCUT2D eigenvalue weighted by Gasteiger charge is -2.20. The SMILES string of the molecule is COc1cc2ncc3c(N)nc(-c4cncc(OCC(Cc5ccccc5Cl)NCCS(=O)(=O)O)c4)cc3c2cc1OC. The molecule has 0 amide bonds. The summed E-state index contributed by atoms with van der Waals surface area (Å²) < 4.78 is 48.6. The lowest BCUT2D eigenvalue weighted by Crippen LogP contribution is -2.39. The van der Waals surface area contributed by atoms with Crippen LogP contribution in [0.4, 0.5) is 5.82 Å². The van der Waals surface area contributed by atoms with Gasteiger partial charge in [0.15, 0.2) is 11.5 Å². The molecule has 3 heterocycles. The van der Waals surface area contributed by atoms with Crippen LogP contribution in [0.5, 0.6) is 17.2 Å². The van der Waals surface area contributed by atoms with E-state index in [4.69, 9.17) is 36.1 Å². The Labute approximate surface area is 253 Å². The maximum Gasteiger partial charge on any atom is 0.266 e. The van der Waals surface area contributed by atoms with Gasteiger partial charge in [-0.3, -0.25) is 14.5 Å². The summed E-state index contributed by atoms with van der Waals surface area (Å²) in [6.45, 7) is 0.211. The van der Waals surface area contributed by atoms with Crippen molar-refractivity contribution in [2.24, 2.45) is 0 Å². The molecule has 2 aromatic carbocycles. The van der Waals surface area contributed by atoms with E-state index < -0.39 is 15.9 Å². The van der Waals surface area contributed by atoms with Gasteiger partial charge >= 0.3 is 0 Å². The zero-order chi connectivity index (χ0) is 30.6. The van der Waals surface area contributed by atoms with Crippen LogP contribution in [0.15, 0.2) is 67.1 Å². The Kier molecular flexibility index (Phi) is 9.11. The van der Waals surface area contributed by atoms with E-state index in [0.29, 0.717) is 56.7 Å². The second kappa shape index (κ2) is 13.0. The average Bonchev–Trinajstić information content (AvgIpc) is 2.99. The van der Waals surface area contributed by atoms with Gasteiger partial charge in [0.2, 0.25) is 0 Å². The summed E-state index contributed by atoms with van der Waals surface area (Å²) in [5, 5.41) is 6.08. The first-order valence-corrected chi connectivity index (χ1v) is 15.2. The number of pyridine rings is 3. The third-order valence-corrected chi connectivity index (χ3v) is 7.98. The van der Waals surface area contributed by atoms with Gasteiger partial charge in [-0.25, -0.2) is 4.98 Å². The predicted molar refractivity (Wildman–Crippen MR) is 167 cm³/mol. The second-order valence-corrected chi connectivity index (χ2v) is 11.8. The van der Waals surface area contributed by atoms with Crippen molar-refractivity contribution in [1.82, 2.24) is 20.3 Å². The third-order valence-electron chi connectivity index (χ3n) is 6.89. The fourth-order valence-corrected chi connectivity index (χ4v) is 5.34. The van der Waals surface area contributed by atoms with E-state index in [-0.39, 0.29) is 19.2 Å². The third kappa shape index (κ3) is 7.23. The minimum atomic E-state index is -4.12. The Balaban J connectivity index is 1.42.